The maximum absolute atomic E-state index is 12.8. The highest BCUT2D eigenvalue weighted by Crippen LogP contribution is 2.25. The van der Waals surface area contributed by atoms with Crippen molar-refractivity contribution < 1.29 is 22.4 Å². The summed E-state index contributed by atoms with van der Waals surface area (Å²) in [6.07, 6.45) is 1.72. The normalized spacial score (nSPS) is 14.5. The second-order valence-electron chi connectivity index (χ2n) is 7.39. The van der Waals surface area contributed by atoms with Crippen LogP contribution in [0.4, 0.5) is 5.69 Å². The van der Waals surface area contributed by atoms with Crippen LogP contribution in [-0.2, 0) is 16.6 Å². The summed E-state index contributed by atoms with van der Waals surface area (Å²) in [5, 5.41) is 2.81. The average Bonchev–Trinajstić information content (AvgIpc) is 3.47. The van der Waals surface area contributed by atoms with E-state index >= 15 is 0 Å². The standard InChI is InChI=1S/C23H24N2O5S/c1-17-8-2-4-10-20(17)24-23(26)19-9-3-5-11-21(19)29-16-18-12-13-22(30-18)31(27,28)25-14-6-7-15-25/h2-5,8-13H,6-7,14-16H2,1H3,(H,24,26). The smallest absolute Gasteiger partial charge is 0.276 e. The lowest BCUT2D eigenvalue weighted by atomic mass is 10.1. The van der Waals surface area contributed by atoms with E-state index < -0.39 is 10.0 Å². The van der Waals surface area contributed by atoms with Crippen LogP contribution >= 0.6 is 0 Å². The Balaban J connectivity index is 1.46. The Labute approximate surface area is 181 Å². The Morgan fingerprint density at radius 2 is 1.74 bits per heavy atom. The van der Waals surface area contributed by atoms with Crippen molar-refractivity contribution in [1.29, 1.82) is 0 Å². The molecule has 1 amide bonds. The van der Waals surface area contributed by atoms with Crippen molar-refractivity contribution in [2.45, 2.75) is 31.5 Å². The van der Waals surface area contributed by atoms with Gasteiger partial charge in [0.2, 0.25) is 5.09 Å². The SMILES string of the molecule is Cc1ccccc1NC(=O)c1ccccc1OCc1ccc(S(=O)(=O)N2CCCC2)o1. The number of nitrogens with one attached hydrogen (secondary N) is 1. The fourth-order valence-electron chi connectivity index (χ4n) is 3.46. The van der Waals surface area contributed by atoms with Crippen LogP contribution in [0.5, 0.6) is 5.75 Å². The minimum absolute atomic E-state index is 0.00414. The topological polar surface area (TPSA) is 88.8 Å². The number of anilines is 1. The Hall–Kier alpha value is -3.10. The van der Waals surface area contributed by atoms with Gasteiger partial charge in [0.25, 0.3) is 15.9 Å². The van der Waals surface area contributed by atoms with Gasteiger partial charge in [-0.15, -0.1) is 0 Å². The van der Waals surface area contributed by atoms with Gasteiger partial charge in [0.15, 0.2) is 0 Å². The molecule has 0 unspecified atom stereocenters. The van der Waals surface area contributed by atoms with Crippen LogP contribution in [0.3, 0.4) is 0 Å². The van der Waals surface area contributed by atoms with Gasteiger partial charge in [-0.3, -0.25) is 4.79 Å². The highest BCUT2D eigenvalue weighted by atomic mass is 32.2. The second-order valence-corrected chi connectivity index (χ2v) is 9.25. The summed E-state index contributed by atoms with van der Waals surface area (Å²) >= 11 is 0. The van der Waals surface area contributed by atoms with Crippen molar-refractivity contribution >= 4 is 21.6 Å². The highest BCUT2D eigenvalue weighted by molar-refractivity contribution is 7.89. The van der Waals surface area contributed by atoms with Crippen molar-refractivity contribution in [3.05, 3.63) is 77.6 Å². The zero-order valence-corrected chi connectivity index (χ0v) is 18.0. The Morgan fingerprint density at radius 3 is 2.52 bits per heavy atom. The number of aryl methyl sites for hydroxylation is 1. The molecule has 1 saturated heterocycles. The summed E-state index contributed by atoms with van der Waals surface area (Å²) in [7, 11) is -3.61. The lowest BCUT2D eigenvalue weighted by molar-refractivity contribution is 0.102. The number of ether oxygens (including phenoxy) is 1. The van der Waals surface area contributed by atoms with Crippen molar-refractivity contribution in [3.8, 4) is 5.75 Å². The van der Waals surface area contributed by atoms with Gasteiger partial charge in [-0.05, 0) is 55.7 Å². The monoisotopic (exact) mass is 440 g/mol. The van der Waals surface area contributed by atoms with Gasteiger partial charge >= 0.3 is 0 Å². The number of furan rings is 1. The number of hydrogen-bond acceptors (Lipinski definition) is 5. The number of rotatable bonds is 7. The first-order valence-electron chi connectivity index (χ1n) is 10.1. The third-order valence-electron chi connectivity index (χ3n) is 5.19. The summed E-state index contributed by atoms with van der Waals surface area (Å²) in [4.78, 5) is 12.8. The summed E-state index contributed by atoms with van der Waals surface area (Å²) in [5.41, 5.74) is 2.06. The molecular weight excluding hydrogens is 416 g/mol. The summed E-state index contributed by atoms with van der Waals surface area (Å²) in [5.74, 6) is 0.461. The molecule has 4 rings (SSSR count). The van der Waals surface area contributed by atoms with Gasteiger partial charge in [0, 0.05) is 18.8 Å². The average molecular weight is 441 g/mol. The molecule has 0 aliphatic carbocycles. The Bertz CT molecular complexity index is 1180. The molecule has 1 aliphatic rings. The molecule has 0 saturated carbocycles. The van der Waals surface area contributed by atoms with Crippen molar-refractivity contribution in [2.24, 2.45) is 0 Å². The minimum Gasteiger partial charge on any atom is -0.485 e. The molecule has 162 valence electrons. The van der Waals surface area contributed by atoms with Crippen LogP contribution in [0.15, 0.2) is 70.2 Å². The van der Waals surface area contributed by atoms with Gasteiger partial charge in [0.1, 0.15) is 18.1 Å². The maximum atomic E-state index is 12.8. The van der Waals surface area contributed by atoms with E-state index in [0.29, 0.717) is 30.2 Å². The van der Waals surface area contributed by atoms with E-state index in [0.717, 1.165) is 24.1 Å². The zero-order chi connectivity index (χ0) is 21.8. The first-order valence-corrected chi connectivity index (χ1v) is 11.6. The molecule has 1 fully saturated rings. The van der Waals surface area contributed by atoms with Gasteiger partial charge in [-0.2, -0.15) is 4.31 Å². The molecular formula is C23H24N2O5S. The quantitative estimate of drug-likeness (QED) is 0.595. The molecule has 0 bridgehead atoms. The number of hydrogen-bond donors (Lipinski definition) is 1. The van der Waals surface area contributed by atoms with Crippen molar-refractivity contribution in [2.75, 3.05) is 18.4 Å². The molecule has 1 aromatic heterocycles. The molecule has 0 atom stereocenters. The fraction of sp³-hybridized carbons (Fsp3) is 0.261. The first kappa shape index (κ1) is 21.1. The predicted molar refractivity (Wildman–Crippen MR) is 117 cm³/mol. The number of benzene rings is 2. The number of amides is 1. The fourth-order valence-corrected chi connectivity index (χ4v) is 4.91. The van der Waals surface area contributed by atoms with Crippen molar-refractivity contribution in [1.82, 2.24) is 4.31 Å². The van der Waals surface area contributed by atoms with Crippen LogP contribution in [-0.4, -0.2) is 31.7 Å². The Kier molecular flexibility index (Phi) is 6.11. The van der Waals surface area contributed by atoms with E-state index in [9.17, 15) is 13.2 Å². The van der Waals surface area contributed by atoms with E-state index in [1.54, 1.807) is 30.3 Å². The molecule has 0 spiro atoms. The number of para-hydroxylation sites is 2. The molecule has 3 aromatic rings. The van der Waals surface area contributed by atoms with Crippen LogP contribution in [0.1, 0.15) is 34.5 Å². The zero-order valence-electron chi connectivity index (χ0n) is 17.2. The number of nitrogens with zero attached hydrogens (tertiary/aromatic N) is 1. The van der Waals surface area contributed by atoms with E-state index in [1.165, 1.54) is 10.4 Å². The Morgan fingerprint density at radius 1 is 1.03 bits per heavy atom. The van der Waals surface area contributed by atoms with Crippen LogP contribution in [0.25, 0.3) is 0 Å². The maximum Gasteiger partial charge on any atom is 0.276 e. The van der Waals surface area contributed by atoms with E-state index in [1.807, 2.05) is 31.2 Å². The van der Waals surface area contributed by atoms with Crippen LogP contribution in [0, 0.1) is 6.92 Å². The first-order chi connectivity index (χ1) is 14.9. The molecule has 1 aliphatic heterocycles. The van der Waals surface area contributed by atoms with Gasteiger partial charge in [-0.1, -0.05) is 30.3 Å². The molecule has 1 N–H and O–H groups in total. The summed E-state index contributed by atoms with van der Waals surface area (Å²) in [6, 6.07) is 17.4. The highest BCUT2D eigenvalue weighted by Gasteiger charge is 2.30. The third-order valence-corrected chi connectivity index (χ3v) is 6.96. The summed E-state index contributed by atoms with van der Waals surface area (Å²) in [6.45, 7) is 2.95. The lowest BCUT2D eigenvalue weighted by Crippen LogP contribution is -2.27. The van der Waals surface area contributed by atoms with Crippen LogP contribution in [0.2, 0.25) is 0 Å². The summed E-state index contributed by atoms with van der Waals surface area (Å²) < 4.78 is 38.0. The number of carbonyl (C=O) groups excluding carboxylic acids is 1. The predicted octanol–water partition coefficient (Wildman–Crippen LogP) is 4.20. The van der Waals surface area contributed by atoms with Gasteiger partial charge in [-0.25, -0.2) is 8.42 Å². The minimum atomic E-state index is -3.61. The number of carbonyl (C=O) groups is 1. The lowest BCUT2D eigenvalue weighted by Gasteiger charge is -2.13. The molecule has 7 nitrogen and oxygen atoms in total. The molecule has 2 aromatic carbocycles. The molecule has 0 radical (unpaired) electrons. The van der Waals surface area contributed by atoms with E-state index in [-0.39, 0.29) is 17.6 Å². The van der Waals surface area contributed by atoms with Gasteiger partial charge in [0.05, 0.1) is 5.56 Å². The van der Waals surface area contributed by atoms with Gasteiger partial charge < -0.3 is 14.5 Å². The van der Waals surface area contributed by atoms with E-state index in [2.05, 4.69) is 5.32 Å². The third kappa shape index (κ3) is 4.65. The number of sulfonamides is 1. The molecule has 2 heterocycles. The van der Waals surface area contributed by atoms with Crippen molar-refractivity contribution in [3.63, 3.8) is 0 Å². The molecule has 31 heavy (non-hydrogen) atoms. The second kappa shape index (κ2) is 8.95. The largest absolute Gasteiger partial charge is 0.485 e. The van der Waals surface area contributed by atoms with E-state index in [4.69, 9.17) is 9.15 Å². The van der Waals surface area contributed by atoms with Crippen LogP contribution < -0.4 is 10.1 Å². The molecule has 8 heteroatoms.